The van der Waals surface area contributed by atoms with Crippen molar-refractivity contribution in [3.05, 3.63) is 24.2 Å². The minimum Gasteiger partial charge on any atom is -0.480 e. The summed E-state index contributed by atoms with van der Waals surface area (Å²) >= 11 is 0. The SMILES string of the molecule is CN(Cc1ccoc1)C(=O)N1C[C@H](O)C[C@@H]1C(=O)O. The first kappa shape index (κ1) is 13.4. The van der Waals surface area contributed by atoms with Crippen LogP contribution in [0.25, 0.3) is 0 Å². The summed E-state index contributed by atoms with van der Waals surface area (Å²) in [6, 6.07) is 0.358. The van der Waals surface area contributed by atoms with Crippen LogP contribution in [0.15, 0.2) is 23.0 Å². The van der Waals surface area contributed by atoms with Gasteiger partial charge in [-0.05, 0) is 6.07 Å². The largest absolute Gasteiger partial charge is 0.480 e. The molecule has 104 valence electrons. The average Bonchev–Trinajstić information content (AvgIpc) is 2.97. The van der Waals surface area contributed by atoms with Gasteiger partial charge in [-0.25, -0.2) is 9.59 Å². The fourth-order valence-electron chi connectivity index (χ4n) is 2.20. The number of amides is 2. The van der Waals surface area contributed by atoms with Crippen molar-refractivity contribution in [2.45, 2.75) is 25.1 Å². The van der Waals surface area contributed by atoms with E-state index in [4.69, 9.17) is 9.52 Å². The van der Waals surface area contributed by atoms with Crippen molar-refractivity contribution in [3.63, 3.8) is 0 Å². The number of aliphatic hydroxyl groups is 1. The van der Waals surface area contributed by atoms with E-state index in [0.29, 0.717) is 6.54 Å². The van der Waals surface area contributed by atoms with Crippen molar-refractivity contribution in [2.24, 2.45) is 0 Å². The van der Waals surface area contributed by atoms with Crippen LogP contribution in [0.5, 0.6) is 0 Å². The number of carbonyl (C=O) groups excluding carboxylic acids is 1. The van der Waals surface area contributed by atoms with Gasteiger partial charge in [-0.2, -0.15) is 0 Å². The van der Waals surface area contributed by atoms with Crippen LogP contribution in [-0.4, -0.2) is 57.8 Å². The Morgan fingerprint density at radius 2 is 2.32 bits per heavy atom. The highest BCUT2D eigenvalue weighted by Gasteiger charge is 2.40. The summed E-state index contributed by atoms with van der Waals surface area (Å²) in [6.45, 7) is 0.375. The highest BCUT2D eigenvalue weighted by molar-refractivity contribution is 5.83. The average molecular weight is 268 g/mol. The van der Waals surface area contributed by atoms with Gasteiger partial charge in [0, 0.05) is 25.6 Å². The van der Waals surface area contributed by atoms with Crippen molar-refractivity contribution < 1.29 is 24.2 Å². The van der Waals surface area contributed by atoms with Gasteiger partial charge >= 0.3 is 12.0 Å². The normalized spacial score (nSPS) is 22.5. The van der Waals surface area contributed by atoms with E-state index in [0.717, 1.165) is 5.56 Å². The molecule has 1 aromatic rings. The zero-order valence-electron chi connectivity index (χ0n) is 10.5. The molecule has 1 fully saturated rings. The van der Waals surface area contributed by atoms with E-state index in [-0.39, 0.29) is 13.0 Å². The smallest absolute Gasteiger partial charge is 0.326 e. The third-order valence-electron chi connectivity index (χ3n) is 3.14. The summed E-state index contributed by atoms with van der Waals surface area (Å²) < 4.78 is 4.91. The molecule has 0 bridgehead atoms. The van der Waals surface area contributed by atoms with Crippen molar-refractivity contribution in [1.29, 1.82) is 0 Å². The highest BCUT2D eigenvalue weighted by Crippen LogP contribution is 2.20. The molecule has 7 heteroatoms. The lowest BCUT2D eigenvalue weighted by molar-refractivity contribution is -0.141. The topological polar surface area (TPSA) is 94.2 Å². The third-order valence-corrected chi connectivity index (χ3v) is 3.14. The standard InChI is InChI=1S/C12H16N2O5/c1-13(5-8-2-3-19-7-8)12(18)14-6-9(15)4-10(14)11(16)17/h2-3,7,9-10,15H,4-6H2,1H3,(H,16,17)/t9-,10-/m1/s1. The summed E-state index contributed by atoms with van der Waals surface area (Å²) in [6.07, 6.45) is 2.32. The Morgan fingerprint density at radius 3 is 2.89 bits per heavy atom. The second-order valence-electron chi connectivity index (χ2n) is 4.67. The van der Waals surface area contributed by atoms with E-state index in [9.17, 15) is 14.7 Å². The van der Waals surface area contributed by atoms with Gasteiger partial charge < -0.3 is 24.4 Å². The van der Waals surface area contributed by atoms with E-state index >= 15 is 0 Å². The molecule has 1 aromatic heterocycles. The van der Waals surface area contributed by atoms with E-state index in [1.165, 1.54) is 22.3 Å². The molecule has 1 aliphatic heterocycles. The number of carbonyl (C=O) groups is 2. The molecule has 0 aromatic carbocycles. The molecule has 2 rings (SSSR count). The molecule has 7 nitrogen and oxygen atoms in total. The number of rotatable bonds is 3. The lowest BCUT2D eigenvalue weighted by Gasteiger charge is -2.27. The van der Waals surface area contributed by atoms with Gasteiger partial charge in [-0.3, -0.25) is 0 Å². The summed E-state index contributed by atoms with van der Waals surface area (Å²) in [7, 11) is 1.58. The maximum atomic E-state index is 12.2. The lowest BCUT2D eigenvalue weighted by atomic mass is 10.2. The number of β-amino-alcohol motifs (C(OH)–C–C–N with tert-alkyl or cyclic N) is 1. The van der Waals surface area contributed by atoms with Crippen LogP contribution in [0.4, 0.5) is 4.79 Å². The predicted molar refractivity (Wildman–Crippen MR) is 64.3 cm³/mol. The molecular formula is C12H16N2O5. The first-order valence-electron chi connectivity index (χ1n) is 5.92. The van der Waals surface area contributed by atoms with Crippen molar-refractivity contribution in [1.82, 2.24) is 9.80 Å². The summed E-state index contributed by atoms with van der Waals surface area (Å²) in [5.41, 5.74) is 0.822. The Labute approximate surface area is 110 Å². The molecular weight excluding hydrogens is 252 g/mol. The van der Waals surface area contributed by atoms with E-state index < -0.39 is 24.1 Å². The van der Waals surface area contributed by atoms with E-state index in [1.807, 2.05) is 0 Å². The third kappa shape index (κ3) is 2.87. The quantitative estimate of drug-likeness (QED) is 0.825. The van der Waals surface area contributed by atoms with Crippen molar-refractivity contribution in [3.8, 4) is 0 Å². The number of aliphatic carboxylic acids is 1. The Bertz CT molecular complexity index is 459. The Balaban J connectivity index is 2.03. The summed E-state index contributed by atoms with van der Waals surface area (Å²) in [5, 5.41) is 18.6. The number of likely N-dealkylation sites (tertiary alicyclic amines) is 1. The molecule has 2 amide bonds. The van der Waals surface area contributed by atoms with Gasteiger partial charge in [-0.1, -0.05) is 0 Å². The molecule has 2 N–H and O–H groups in total. The maximum absolute atomic E-state index is 12.2. The number of hydrogen-bond donors (Lipinski definition) is 2. The van der Waals surface area contributed by atoms with Crippen molar-refractivity contribution in [2.75, 3.05) is 13.6 Å². The van der Waals surface area contributed by atoms with Gasteiger partial charge in [0.15, 0.2) is 0 Å². The zero-order chi connectivity index (χ0) is 14.0. The van der Waals surface area contributed by atoms with Gasteiger partial charge in [0.2, 0.25) is 0 Å². The van der Waals surface area contributed by atoms with Crippen LogP contribution < -0.4 is 0 Å². The summed E-state index contributed by atoms with van der Waals surface area (Å²) in [5.74, 6) is -1.10. The highest BCUT2D eigenvalue weighted by atomic mass is 16.4. The number of nitrogens with zero attached hydrogens (tertiary/aromatic N) is 2. The van der Waals surface area contributed by atoms with Crippen LogP contribution in [0, 0.1) is 0 Å². The number of hydrogen-bond acceptors (Lipinski definition) is 4. The molecule has 0 saturated carbocycles. The minimum absolute atomic E-state index is 0.0471. The van der Waals surface area contributed by atoms with Gasteiger partial charge in [0.05, 0.1) is 25.2 Å². The predicted octanol–water partition coefficient (Wildman–Crippen LogP) is 0.351. The van der Waals surface area contributed by atoms with Gasteiger partial charge in [0.1, 0.15) is 6.04 Å². The Hall–Kier alpha value is -2.02. The Kier molecular flexibility index (Phi) is 3.75. The van der Waals surface area contributed by atoms with Crippen LogP contribution in [0.1, 0.15) is 12.0 Å². The number of carboxylic acids is 1. The van der Waals surface area contributed by atoms with E-state index in [2.05, 4.69) is 0 Å². The molecule has 0 spiro atoms. The number of furan rings is 1. The molecule has 0 aliphatic carbocycles. The van der Waals surface area contributed by atoms with E-state index in [1.54, 1.807) is 13.1 Å². The van der Waals surface area contributed by atoms with Crippen molar-refractivity contribution >= 4 is 12.0 Å². The van der Waals surface area contributed by atoms with Crippen LogP contribution in [-0.2, 0) is 11.3 Å². The number of aliphatic hydroxyl groups excluding tert-OH is 1. The fourth-order valence-corrected chi connectivity index (χ4v) is 2.20. The van der Waals surface area contributed by atoms with Crippen LogP contribution in [0.2, 0.25) is 0 Å². The second kappa shape index (κ2) is 5.31. The molecule has 1 aliphatic rings. The number of carboxylic acid groups (broad SMARTS) is 1. The lowest BCUT2D eigenvalue weighted by Crippen LogP contribution is -2.46. The molecule has 19 heavy (non-hydrogen) atoms. The van der Waals surface area contributed by atoms with Crippen LogP contribution >= 0.6 is 0 Å². The zero-order valence-corrected chi connectivity index (χ0v) is 10.5. The van der Waals surface area contributed by atoms with Crippen LogP contribution in [0.3, 0.4) is 0 Å². The molecule has 2 atom stereocenters. The maximum Gasteiger partial charge on any atom is 0.326 e. The first-order valence-corrected chi connectivity index (χ1v) is 5.92. The van der Waals surface area contributed by atoms with Gasteiger partial charge in [-0.15, -0.1) is 0 Å². The minimum atomic E-state index is -1.10. The number of urea groups is 1. The molecule has 0 radical (unpaired) electrons. The first-order chi connectivity index (χ1) is 8.99. The molecule has 0 unspecified atom stereocenters. The fraction of sp³-hybridized carbons (Fsp3) is 0.500. The second-order valence-corrected chi connectivity index (χ2v) is 4.67. The molecule has 1 saturated heterocycles. The summed E-state index contributed by atoms with van der Waals surface area (Å²) in [4.78, 5) is 25.8. The van der Waals surface area contributed by atoms with Gasteiger partial charge in [0.25, 0.3) is 0 Å². The Morgan fingerprint density at radius 1 is 1.58 bits per heavy atom. The monoisotopic (exact) mass is 268 g/mol. The molecule has 2 heterocycles.